The van der Waals surface area contributed by atoms with Crippen LogP contribution in [0.2, 0.25) is 5.02 Å². The monoisotopic (exact) mass is 381 g/mol. The predicted molar refractivity (Wildman–Crippen MR) is 117 cm³/mol. The number of rotatable bonds is 4. The molecule has 0 atom stereocenters. The zero-order valence-electron chi connectivity index (χ0n) is 14.6. The molecule has 0 aliphatic heterocycles. The van der Waals surface area contributed by atoms with Crippen molar-refractivity contribution in [3.63, 3.8) is 0 Å². The van der Waals surface area contributed by atoms with Crippen LogP contribution in [0.4, 0.5) is 22.7 Å². The largest absolute Gasteiger partial charge is 0.356 e. The number of benzene rings is 3. The van der Waals surface area contributed by atoms with Crippen LogP contribution in [-0.4, -0.2) is 5.11 Å². The van der Waals surface area contributed by atoms with E-state index in [1.807, 2.05) is 74.5 Å². The van der Waals surface area contributed by atoms with Crippen LogP contribution < -0.4 is 16.0 Å². The Morgan fingerprint density at radius 1 is 0.808 bits per heavy atom. The maximum atomic E-state index is 6.32. The molecule has 0 saturated heterocycles. The fourth-order valence-corrected chi connectivity index (χ4v) is 3.26. The topological polar surface area (TPSA) is 36.1 Å². The molecule has 0 radical (unpaired) electrons. The zero-order chi connectivity index (χ0) is 18.5. The second kappa shape index (κ2) is 8.21. The van der Waals surface area contributed by atoms with E-state index in [-0.39, 0.29) is 0 Å². The van der Waals surface area contributed by atoms with Crippen molar-refractivity contribution in [3.05, 3.63) is 82.9 Å². The first-order valence-corrected chi connectivity index (χ1v) is 9.07. The van der Waals surface area contributed by atoms with Crippen LogP contribution in [0.25, 0.3) is 0 Å². The minimum Gasteiger partial charge on any atom is -0.356 e. The molecule has 0 heterocycles. The van der Waals surface area contributed by atoms with Crippen LogP contribution >= 0.6 is 23.8 Å². The molecule has 3 aromatic carbocycles. The van der Waals surface area contributed by atoms with Gasteiger partial charge in [0.25, 0.3) is 0 Å². The second-order valence-electron chi connectivity index (χ2n) is 6.09. The Morgan fingerprint density at radius 2 is 1.42 bits per heavy atom. The highest BCUT2D eigenvalue weighted by atomic mass is 35.5. The van der Waals surface area contributed by atoms with E-state index in [4.69, 9.17) is 23.8 Å². The Balaban J connectivity index is 1.63. The van der Waals surface area contributed by atoms with Gasteiger partial charge >= 0.3 is 0 Å². The summed E-state index contributed by atoms with van der Waals surface area (Å²) in [5, 5.41) is 10.9. The number of hydrogen-bond acceptors (Lipinski definition) is 2. The number of thiocarbonyl (C=S) groups is 1. The van der Waals surface area contributed by atoms with Crippen LogP contribution in [0.15, 0.2) is 66.7 Å². The molecule has 0 unspecified atom stereocenters. The van der Waals surface area contributed by atoms with E-state index < -0.39 is 0 Å². The first-order chi connectivity index (χ1) is 12.5. The molecule has 0 bridgehead atoms. The summed E-state index contributed by atoms with van der Waals surface area (Å²) in [7, 11) is 0. The van der Waals surface area contributed by atoms with Crippen LogP contribution in [0.3, 0.4) is 0 Å². The van der Waals surface area contributed by atoms with E-state index in [1.54, 1.807) is 0 Å². The lowest BCUT2D eigenvalue weighted by atomic mass is 10.1. The summed E-state index contributed by atoms with van der Waals surface area (Å²) in [6, 6.07) is 22.0. The average molecular weight is 382 g/mol. The third-order valence-corrected chi connectivity index (χ3v) is 4.38. The molecule has 3 N–H and O–H groups in total. The quantitative estimate of drug-likeness (QED) is 0.450. The van der Waals surface area contributed by atoms with Gasteiger partial charge in [-0.1, -0.05) is 35.9 Å². The van der Waals surface area contributed by atoms with Gasteiger partial charge in [0.1, 0.15) is 0 Å². The first kappa shape index (κ1) is 18.2. The number of hydrogen-bond donors (Lipinski definition) is 3. The van der Waals surface area contributed by atoms with Crippen molar-refractivity contribution in [1.82, 2.24) is 0 Å². The van der Waals surface area contributed by atoms with Gasteiger partial charge in [-0.2, -0.15) is 0 Å². The number of aryl methyl sites for hydroxylation is 2. The van der Waals surface area contributed by atoms with Crippen molar-refractivity contribution < 1.29 is 0 Å². The molecule has 132 valence electrons. The lowest BCUT2D eigenvalue weighted by Gasteiger charge is -2.15. The molecular formula is C21H20ClN3S. The van der Waals surface area contributed by atoms with E-state index in [2.05, 4.69) is 22.0 Å². The molecular weight excluding hydrogens is 362 g/mol. The standard InChI is InChI=1S/C21H20ClN3S/c1-14-12-15(2)20(19(22)13-14)25-21(26)24-18-10-8-17(9-11-18)23-16-6-4-3-5-7-16/h3-13,23H,1-2H3,(H2,24,25,26). The Morgan fingerprint density at radius 3 is 2.08 bits per heavy atom. The molecule has 0 amide bonds. The molecule has 0 saturated carbocycles. The van der Waals surface area contributed by atoms with Crippen LogP contribution in [0, 0.1) is 13.8 Å². The minimum atomic E-state index is 0.502. The van der Waals surface area contributed by atoms with Crippen LogP contribution in [0.1, 0.15) is 11.1 Å². The van der Waals surface area contributed by atoms with Crippen LogP contribution in [-0.2, 0) is 0 Å². The van der Waals surface area contributed by atoms with E-state index in [1.165, 1.54) is 0 Å². The summed E-state index contributed by atoms with van der Waals surface area (Å²) < 4.78 is 0. The molecule has 0 aliphatic rings. The van der Waals surface area contributed by atoms with Gasteiger partial charge in [-0.3, -0.25) is 0 Å². The maximum absolute atomic E-state index is 6.32. The van der Waals surface area contributed by atoms with E-state index in [0.29, 0.717) is 10.1 Å². The van der Waals surface area contributed by atoms with Gasteiger partial charge in [-0.25, -0.2) is 0 Å². The summed E-state index contributed by atoms with van der Waals surface area (Å²) in [5.74, 6) is 0. The van der Waals surface area contributed by atoms with E-state index in [0.717, 1.165) is 33.9 Å². The van der Waals surface area contributed by atoms with Crippen molar-refractivity contribution in [1.29, 1.82) is 0 Å². The molecule has 26 heavy (non-hydrogen) atoms. The molecule has 0 fully saturated rings. The highest BCUT2D eigenvalue weighted by molar-refractivity contribution is 7.80. The second-order valence-corrected chi connectivity index (χ2v) is 6.90. The lowest BCUT2D eigenvalue weighted by molar-refractivity contribution is 1.38. The summed E-state index contributed by atoms with van der Waals surface area (Å²) in [4.78, 5) is 0. The van der Waals surface area contributed by atoms with Crippen molar-refractivity contribution in [2.75, 3.05) is 16.0 Å². The number of halogens is 1. The van der Waals surface area contributed by atoms with Gasteiger partial charge in [-0.05, 0) is 79.7 Å². The van der Waals surface area contributed by atoms with Gasteiger partial charge in [0.15, 0.2) is 5.11 Å². The SMILES string of the molecule is Cc1cc(C)c(NC(=S)Nc2ccc(Nc3ccccc3)cc2)c(Cl)c1. The van der Waals surface area contributed by atoms with Crippen molar-refractivity contribution in [3.8, 4) is 0 Å². The Bertz CT molecular complexity index is 885. The number of nitrogens with one attached hydrogen (secondary N) is 3. The molecule has 0 aliphatic carbocycles. The van der Waals surface area contributed by atoms with Gasteiger partial charge in [0.05, 0.1) is 10.7 Å². The summed E-state index contributed by atoms with van der Waals surface area (Å²) in [6.07, 6.45) is 0. The third kappa shape index (κ3) is 4.75. The first-order valence-electron chi connectivity index (χ1n) is 8.28. The average Bonchev–Trinajstić information content (AvgIpc) is 2.61. The van der Waals surface area contributed by atoms with Crippen molar-refractivity contribution in [2.24, 2.45) is 0 Å². The molecule has 0 spiro atoms. The van der Waals surface area contributed by atoms with E-state index >= 15 is 0 Å². The Labute approximate surface area is 164 Å². The van der Waals surface area contributed by atoms with E-state index in [9.17, 15) is 0 Å². The predicted octanol–water partition coefficient (Wildman–Crippen LogP) is 6.51. The normalized spacial score (nSPS) is 10.3. The van der Waals surface area contributed by atoms with Gasteiger partial charge in [0.2, 0.25) is 0 Å². The zero-order valence-corrected chi connectivity index (χ0v) is 16.2. The van der Waals surface area contributed by atoms with Gasteiger partial charge in [-0.15, -0.1) is 0 Å². The highest BCUT2D eigenvalue weighted by Gasteiger charge is 2.07. The lowest BCUT2D eigenvalue weighted by Crippen LogP contribution is -2.20. The fourth-order valence-electron chi connectivity index (χ4n) is 2.67. The molecule has 3 rings (SSSR count). The minimum absolute atomic E-state index is 0.502. The van der Waals surface area contributed by atoms with Crippen molar-refractivity contribution in [2.45, 2.75) is 13.8 Å². The third-order valence-electron chi connectivity index (χ3n) is 3.88. The maximum Gasteiger partial charge on any atom is 0.175 e. The Kier molecular flexibility index (Phi) is 5.76. The Hall–Kier alpha value is -2.56. The summed E-state index contributed by atoms with van der Waals surface area (Å²) in [6.45, 7) is 4.03. The fraction of sp³-hybridized carbons (Fsp3) is 0.0952. The molecule has 0 aromatic heterocycles. The highest BCUT2D eigenvalue weighted by Crippen LogP contribution is 2.27. The smallest absolute Gasteiger partial charge is 0.175 e. The summed E-state index contributed by atoms with van der Waals surface area (Å²) in [5.41, 5.74) is 5.98. The van der Waals surface area contributed by atoms with Crippen molar-refractivity contribution >= 4 is 51.7 Å². The molecule has 3 nitrogen and oxygen atoms in total. The summed E-state index contributed by atoms with van der Waals surface area (Å²) >= 11 is 11.7. The molecule has 3 aromatic rings. The van der Waals surface area contributed by atoms with Gasteiger partial charge < -0.3 is 16.0 Å². The van der Waals surface area contributed by atoms with Gasteiger partial charge in [0, 0.05) is 17.1 Å². The number of anilines is 4. The van der Waals surface area contributed by atoms with Crippen LogP contribution in [0.5, 0.6) is 0 Å². The molecule has 5 heteroatoms. The number of para-hydroxylation sites is 1.